The fraction of sp³-hybridized carbons (Fsp3) is 0.360. The lowest BCUT2D eigenvalue weighted by Crippen LogP contribution is -2.51. The molecule has 0 radical (unpaired) electrons. The number of halogens is 1. The summed E-state index contributed by atoms with van der Waals surface area (Å²) in [5, 5.41) is 11.9. The maximum atomic E-state index is 14.3. The quantitative estimate of drug-likeness (QED) is 0.701. The fourth-order valence-electron chi connectivity index (χ4n) is 3.69. The van der Waals surface area contributed by atoms with Gasteiger partial charge in [0.2, 0.25) is 5.91 Å². The molecule has 1 aliphatic heterocycles. The summed E-state index contributed by atoms with van der Waals surface area (Å²) in [5.41, 5.74) is 7.30. The van der Waals surface area contributed by atoms with Crippen LogP contribution in [0, 0.1) is 23.1 Å². The van der Waals surface area contributed by atoms with Gasteiger partial charge in [0.15, 0.2) is 5.96 Å². The lowest BCUT2D eigenvalue weighted by atomic mass is 9.84. The number of carbonyl (C=O) groups excluding carboxylic acids is 2. The predicted octanol–water partition coefficient (Wildman–Crippen LogP) is 3.65. The van der Waals surface area contributed by atoms with Crippen molar-refractivity contribution in [3.63, 3.8) is 0 Å². The summed E-state index contributed by atoms with van der Waals surface area (Å²) in [6.07, 6.45) is 0.202. The average molecular weight is 450 g/mol. The Kier molecular flexibility index (Phi) is 6.82. The van der Waals surface area contributed by atoms with Crippen molar-refractivity contribution in [2.75, 3.05) is 0 Å². The number of nitrogens with one attached hydrogen (secondary N) is 1. The zero-order valence-corrected chi connectivity index (χ0v) is 19.2. The van der Waals surface area contributed by atoms with Crippen LogP contribution >= 0.6 is 0 Å². The summed E-state index contributed by atoms with van der Waals surface area (Å²) < 4.78 is 14.3. The van der Waals surface area contributed by atoms with Crippen LogP contribution in [0.2, 0.25) is 0 Å². The van der Waals surface area contributed by atoms with Crippen LogP contribution in [0.5, 0.6) is 0 Å². The predicted molar refractivity (Wildman–Crippen MR) is 123 cm³/mol. The first-order valence-corrected chi connectivity index (χ1v) is 10.8. The third-order valence-electron chi connectivity index (χ3n) is 6.12. The van der Waals surface area contributed by atoms with E-state index in [1.807, 2.05) is 20.8 Å². The van der Waals surface area contributed by atoms with Crippen molar-refractivity contribution in [3.8, 4) is 6.07 Å². The Morgan fingerprint density at radius 3 is 2.67 bits per heavy atom. The first-order valence-electron chi connectivity index (χ1n) is 10.8. The first-order chi connectivity index (χ1) is 15.5. The van der Waals surface area contributed by atoms with Crippen LogP contribution in [-0.4, -0.2) is 28.2 Å². The molecule has 2 unspecified atom stereocenters. The van der Waals surface area contributed by atoms with Crippen molar-refractivity contribution in [2.24, 2.45) is 16.6 Å². The average Bonchev–Trinajstić information content (AvgIpc) is 2.75. The van der Waals surface area contributed by atoms with Crippen molar-refractivity contribution in [1.29, 1.82) is 5.26 Å². The SMILES string of the molecule is CC(NC(=O)c1cc(F)cc(CN2C(=O)CC(C)(C(C)C)N=C2N)c1)c1cccc(C#N)c1. The van der Waals surface area contributed by atoms with Gasteiger partial charge in [-0.1, -0.05) is 26.0 Å². The van der Waals surface area contributed by atoms with Gasteiger partial charge in [-0.2, -0.15) is 5.26 Å². The van der Waals surface area contributed by atoms with E-state index in [-0.39, 0.29) is 36.3 Å². The van der Waals surface area contributed by atoms with E-state index >= 15 is 0 Å². The van der Waals surface area contributed by atoms with Gasteiger partial charge in [0, 0.05) is 5.56 Å². The molecule has 0 aliphatic carbocycles. The molecule has 3 rings (SSSR count). The third-order valence-corrected chi connectivity index (χ3v) is 6.12. The molecule has 2 aromatic rings. The molecule has 172 valence electrons. The maximum Gasteiger partial charge on any atom is 0.251 e. The van der Waals surface area contributed by atoms with Crippen molar-refractivity contribution < 1.29 is 14.0 Å². The van der Waals surface area contributed by atoms with E-state index < -0.39 is 23.3 Å². The minimum absolute atomic E-state index is 0.0140. The second kappa shape index (κ2) is 9.41. The molecular formula is C25H28FN5O2. The third kappa shape index (κ3) is 5.37. The van der Waals surface area contributed by atoms with Gasteiger partial charge in [-0.15, -0.1) is 0 Å². The molecular weight excluding hydrogens is 421 g/mol. The Balaban J connectivity index is 1.79. The highest BCUT2D eigenvalue weighted by molar-refractivity contribution is 5.99. The van der Waals surface area contributed by atoms with Crippen LogP contribution in [0.25, 0.3) is 0 Å². The summed E-state index contributed by atoms with van der Waals surface area (Å²) in [7, 11) is 0. The molecule has 0 saturated carbocycles. The topological polar surface area (TPSA) is 112 Å². The number of nitrogens with two attached hydrogens (primary N) is 1. The highest BCUT2D eigenvalue weighted by Gasteiger charge is 2.38. The van der Waals surface area contributed by atoms with Gasteiger partial charge < -0.3 is 11.1 Å². The largest absolute Gasteiger partial charge is 0.369 e. The van der Waals surface area contributed by atoms with Gasteiger partial charge >= 0.3 is 0 Å². The maximum absolute atomic E-state index is 14.3. The van der Waals surface area contributed by atoms with Gasteiger partial charge in [-0.25, -0.2) is 9.38 Å². The van der Waals surface area contributed by atoms with E-state index in [0.717, 1.165) is 11.6 Å². The van der Waals surface area contributed by atoms with E-state index in [2.05, 4.69) is 16.4 Å². The highest BCUT2D eigenvalue weighted by Crippen LogP contribution is 2.30. The van der Waals surface area contributed by atoms with Crippen LogP contribution in [-0.2, 0) is 11.3 Å². The molecule has 0 spiro atoms. The van der Waals surface area contributed by atoms with Gasteiger partial charge in [0.05, 0.1) is 36.2 Å². The Morgan fingerprint density at radius 2 is 2.03 bits per heavy atom. The molecule has 0 aromatic heterocycles. The minimum atomic E-state index is -0.594. The number of amides is 2. The molecule has 1 aliphatic rings. The van der Waals surface area contributed by atoms with Crippen LogP contribution < -0.4 is 11.1 Å². The second-order valence-electron chi connectivity index (χ2n) is 8.92. The van der Waals surface area contributed by atoms with Crippen molar-refractivity contribution in [3.05, 3.63) is 70.5 Å². The van der Waals surface area contributed by atoms with Crippen LogP contribution in [0.1, 0.15) is 67.2 Å². The molecule has 0 fully saturated rings. The van der Waals surface area contributed by atoms with Gasteiger partial charge in [-0.3, -0.25) is 14.5 Å². The molecule has 2 amide bonds. The molecule has 3 N–H and O–H groups in total. The fourth-order valence-corrected chi connectivity index (χ4v) is 3.69. The number of nitrogens with zero attached hydrogens (tertiary/aromatic N) is 3. The number of nitriles is 1. The first kappa shape index (κ1) is 23.9. The molecule has 33 heavy (non-hydrogen) atoms. The van der Waals surface area contributed by atoms with Crippen LogP contribution in [0.4, 0.5) is 4.39 Å². The van der Waals surface area contributed by atoms with E-state index in [0.29, 0.717) is 11.1 Å². The summed E-state index contributed by atoms with van der Waals surface area (Å²) >= 11 is 0. The minimum Gasteiger partial charge on any atom is -0.369 e. The smallest absolute Gasteiger partial charge is 0.251 e. The molecule has 2 aromatic carbocycles. The Morgan fingerprint density at radius 1 is 1.30 bits per heavy atom. The van der Waals surface area contributed by atoms with E-state index in [1.165, 1.54) is 17.0 Å². The zero-order chi connectivity index (χ0) is 24.3. The second-order valence-corrected chi connectivity index (χ2v) is 8.92. The van der Waals surface area contributed by atoms with Crippen molar-refractivity contribution >= 4 is 17.8 Å². The monoisotopic (exact) mass is 449 g/mol. The summed E-state index contributed by atoms with van der Waals surface area (Å²) in [4.78, 5) is 31.4. The molecule has 7 nitrogen and oxygen atoms in total. The molecule has 0 saturated heterocycles. The highest BCUT2D eigenvalue weighted by atomic mass is 19.1. The summed E-state index contributed by atoms with van der Waals surface area (Å²) in [6, 6.07) is 12.5. The van der Waals surface area contributed by atoms with E-state index in [9.17, 15) is 14.0 Å². The van der Waals surface area contributed by atoms with E-state index in [1.54, 1.807) is 31.2 Å². The summed E-state index contributed by atoms with van der Waals surface area (Å²) in [6.45, 7) is 7.64. The van der Waals surface area contributed by atoms with E-state index in [4.69, 9.17) is 11.0 Å². The molecule has 2 atom stereocenters. The number of benzene rings is 2. The number of hydrogen-bond donors (Lipinski definition) is 2. The van der Waals surface area contributed by atoms with Gasteiger partial charge in [-0.05, 0) is 61.2 Å². The Bertz CT molecular complexity index is 1150. The number of aliphatic imine (C=N–C) groups is 1. The Labute approximate surface area is 193 Å². The van der Waals surface area contributed by atoms with Crippen molar-refractivity contribution in [2.45, 2.75) is 52.2 Å². The number of guanidine groups is 1. The number of carbonyl (C=O) groups is 2. The lowest BCUT2D eigenvalue weighted by Gasteiger charge is -2.37. The lowest BCUT2D eigenvalue weighted by molar-refractivity contribution is -0.130. The molecule has 8 heteroatoms. The van der Waals surface area contributed by atoms with Crippen LogP contribution in [0.15, 0.2) is 47.5 Å². The summed E-state index contributed by atoms with van der Waals surface area (Å²) in [5.74, 6) is -1.04. The zero-order valence-electron chi connectivity index (χ0n) is 19.2. The van der Waals surface area contributed by atoms with Gasteiger partial charge in [0.1, 0.15) is 5.82 Å². The van der Waals surface area contributed by atoms with Crippen molar-refractivity contribution in [1.82, 2.24) is 10.2 Å². The number of rotatable bonds is 6. The van der Waals surface area contributed by atoms with Gasteiger partial charge in [0.25, 0.3) is 5.91 Å². The van der Waals surface area contributed by atoms with Crippen LogP contribution in [0.3, 0.4) is 0 Å². The standard InChI is InChI=1S/C25H28FN5O2/c1-15(2)25(4)12-22(32)31(24(28)30-25)14-18-9-20(11-21(26)10-18)23(33)29-16(3)19-7-5-6-17(8-19)13-27/h5-11,15-16H,12,14H2,1-4H3,(H2,28,30)(H,29,33). The molecule has 1 heterocycles. The normalized spacial score (nSPS) is 19.1. The molecule has 0 bridgehead atoms. The number of hydrogen-bond acceptors (Lipinski definition) is 5. The Hall–Kier alpha value is -3.73.